The Morgan fingerprint density at radius 2 is 2.25 bits per heavy atom. The number of anilines is 1. The highest BCUT2D eigenvalue weighted by Crippen LogP contribution is 2.16. The van der Waals surface area contributed by atoms with Gasteiger partial charge in [-0.1, -0.05) is 0 Å². The highest BCUT2D eigenvalue weighted by Gasteiger charge is 2.24. The fourth-order valence-corrected chi connectivity index (χ4v) is 3.76. The Balaban J connectivity index is 2.02. The van der Waals surface area contributed by atoms with E-state index in [1.807, 2.05) is 12.1 Å². The molecule has 1 aromatic heterocycles. The van der Waals surface area contributed by atoms with Gasteiger partial charge in [0.15, 0.2) is 9.84 Å². The standard InChI is InChI=1S/C10H13IN2O2S/c11-8-3-4-10(12-6-8)13-9-2-1-5-16(14,15)7-9/h3-4,6,9H,1-2,5,7H2,(H,12,13). The van der Waals surface area contributed by atoms with Crippen LogP contribution in [0.5, 0.6) is 0 Å². The molecule has 88 valence electrons. The van der Waals surface area contributed by atoms with Gasteiger partial charge in [-0.05, 0) is 47.6 Å². The Hall–Kier alpha value is -0.370. The summed E-state index contributed by atoms with van der Waals surface area (Å²) in [5, 5.41) is 3.17. The lowest BCUT2D eigenvalue weighted by Gasteiger charge is -2.23. The van der Waals surface area contributed by atoms with E-state index in [0.717, 1.165) is 22.2 Å². The second-order valence-electron chi connectivity index (χ2n) is 3.96. The van der Waals surface area contributed by atoms with E-state index in [0.29, 0.717) is 5.75 Å². The molecule has 6 heteroatoms. The van der Waals surface area contributed by atoms with E-state index in [-0.39, 0.29) is 11.8 Å². The highest BCUT2D eigenvalue weighted by atomic mass is 127. The lowest BCUT2D eigenvalue weighted by Crippen LogP contribution is -2.35. The maximum atomic E-state index is 11.4. The van der Waals surface area contributed by atoms with Crippen LogP contribution in [0.15, 0.2) is 18.3 Å². The van der Waals surface area contributed by atoms with Crippen LogP contribution in [0, 0.1) is 3.57 Å². The molecule has 1 aromatic rings. The van der Waals surface area contributed by atoms with Crippen molar-refractivity contribution in [1.82, 2.24) is 4.98 Å². The number of halogens is 1. The number of rotatable bonds is 2. The molecule has 2 rings (SSSR count). The molecule has 16 heavy (non-hydrogen) atoms. The minimum absolute atomic E-state index is 0.00584. The van der Waals surface area contributed by atoms with Crippen LogP contribution in [-0.4, -0.2) is 30.9 Å². The van der Waals surface area contributed by atoms with Crippen LogP contribution in [-0.2, 0) is 9.84 Å². The summed E-state index contributed by atoms with van der Waals surface area (Å²) in [5.74, 6) is 1.30. The van der Waals surface area contributed by atoms with Crippen molar-refractivity contribution < 1.29 is 8.42 Å². The fraction of sp³-hybridized carbons (Fsp3) is 0.500. The molecule has 0 spiro atoms. The van der Waals surface area contributed by atoms with E-state index in [1.54, 1.807) is 6.20 Å². The fourth-order valence-electron chi connectivity index (χ4n) is 1.81. The van der Waals surface area contributed by atoms with Gasteiger partial charge in [-0.15, -0.1) is 0 Å². The van der Waals surface area contributed by atoms with Gasteiger partial charge in [0, 0.05) is 15.8 Å². The summed E-state index contributed by atoms with van der Waals surface area (Å²) < 4.78 is 24.0. The molecule has 0 aliphatic carbocycles. The first kappa shape index (κ1) is 12.1. The van der Waals surface area contributed by atoms with Crippen LogP contribution < -0.4 is 5.32 Å². The van der Waals surface area contributed by atoms with E-state index in [4.69, 9.17) is 0 Å². The minimum Gasteiger partial charge on any atom is -0.366 e. The van der Waals surface area contributed by atoms with Crippen LogP contribution in [0.4, 0.5) is 5.82 Å². The Bertz CT molecular complexity index is 458. The molecule has 1 unspecified atom stereocenters. The first-order chi connectivity index (χ1) is 7.55. The second kappa shape index (κ2) is 4.87. The molecule has 1 fully saturated rings. The molecule has 0 amide bonds. The molecule has 2 heterocycles. The summed E-state index contributed by atoms with van der Waals surface area (Å²) in [5.41, 5.74) is 0. The molecule has 0 bridgehead atoms. The van der Waals surface area contributed by atoms with Crippen LogP contribution >= 0.6 is 22.6 Å². The average Bonchev–Trinajstić information content (AvgIpc) is 2.20. The number of hydrogen-bond acceptors (Lipinski definition) is 4. The Morgan fingerprint density at radius 3 is 2.88 bits per heavy atom. The normalized spacial score (nSPS) is 23.9. The van der Waals surface area contributed by atoms with Crippen molar-refractivity contribution in [2.24, 2.45) is 0 Å². The SMILES string of the molecule is O=S1(=O)CCCC(Nc2ccc(I)cn2)C1. The zero-order valence-corrected chi connectivity index (χ0v) is 11.7. The van der Waals surface area contributed by atoms with Crippen LogP contribution in [0.3, 0.4) is 0 Å². The third-order valence-corrected chi connectivity index (χ3v) is 5.00. The first-order valence-electron chi connectivity index (χ1n) is 5.14. The average molecular weight is 352 g/mol. The number of pyridine rings is 1. The van der Waals surface area contributed by atoms with Crippen molar-refractivity contribution in [3.05, 3.63) is 21.9 Å². The number of aromatic nitrogens is 1. The summed E-state index contributed by atoms with van der Waals surface area (Å²) in [4.78, 5) is 4.21. The van der Waals surface area contributed by atoms with Gasteiger partial charge in [-0.2, -0.15) is 0 Å². The molecule has 1 aliphatic rings. The predicted molar refractivity (Wildman–Crippen MR) is 72.3 cm³/mol. The first-order valence-corrected chi connectivity index (χ1v) is 8.04. The van der Waals surface area contributed by atoms with Gasteiger partial charge in [0.2, 0.25) is 0 Å². The smallest absolute Gasteiger partial charge is 0.152 e. The maximum absolute atomic E-state index is 11.4. The van der Waals surface area contributed by atoms with Crippen molar-refractivity contribution in [3.8, 4) is 0 Å². The number of sulfone groups is 1. The molecule has 1 atom stereocenters. The van der Waals surface area contributed by atoms with Crippen LogP contribution in [0.25, 0.3) is 0 Å². The predicted octanol–water partition coefficient (Wildman–Crippen LogP) is 1.68. The molecule has 1 N–H and O–H groups in total. The lowest BCUT2D eigenvalue weighted by atomic mass is 10.2. The molecular weight excluding hydrogens is 339 g/mol. The van der Waals surface area contributed by atoms with Crippen molar-refractivity contribution in [2.45, 2.75) is 18.9 Å². The Kier molecular flexibility index (Phi) is 3.68. The van der Waals surface area contributed by atoms with Crippen LogP contribution in [0.1, 0.15) is 12.8 Å². The third-order valence-electron chi connectivity index (χ3n) is 2.54. The van der Waals surface area contributed by atoms with Crippen molar-refractivity contribution in [3.63, 3.8) is 0 Å². The number of nitrogens with zero attached hydrogens (tertiary/aromatic N) is 1. The van der Waals surface area contributed by atoms with Gasteiger partial charge in [-0.3, -0.25) is 0 Å². The third kappa shape index (κ3) is 3.31. The van der Waals surface area contributed by atoms with Crippen molar-refractivity contribution in [1.29, 1.82) is 0 Å². The van der Waals surface area contributed by atoms with E-state index in [1.165, 1.54) is 0 Å². The molecular formula is C10H13IN2O2S. The van der Waals surface area contributed by atoms with E-state index in [9.17, 15) is 8.42 Å². The molecule has 4 nitrogen and oxygen atoms in total. The van der Waals surface area contributed by atoms with E-state index < -0.39 is 9.84 Å². The van der Waals surface area contributed by atoms with Gasteiger partial charge >= 0.3 is 0 Å². The summed E-state index contributed by atoms with van der Waals surface area (Å²) in [7, 11) is -2.85. The highest BCUT2D eigenvalue weighted by molar-refractivity contribution is 14.1. The largest absolute Gasteiger partial charge is 0.366 e. The molecule has 0 aromatic carbocycles. The molecule has 1 saturated heterocycles. The van der Waals surface area contributed by atoms with Crippen molar-refractivity contribution in [2.75, 3.05) is 16.8 Å². The summed E-state index contributed by atoms with van der Waals surface area (Å²) in [6.45, 7) is 0. The zero-order chi connectivity index (χ0) is 11.6. The monoisotopic (exact) mass is 352 g/mol. The molecule has 0 saturated carbocycles. The molecule has 1 aliphatic heterocycles. The van der Waals surface area contributed by atoms with E-state index in [2.05, 4.69) is 32.9 Å². The maximum Gasteiger partial charge on any atom is 0.152 e. The zero-order valence-electron chi connectivity index (χ0n) is 8.69. The topological polar surface area (TPSA) is 59.1 Å². The minimum atomic E-state index is -2.85. The molecule has 0 radical (unpaired) electrons. The van der Waals surface area contributed by atoms with Gasteiger partial charge in [-0.25, -0.2) is 13.4 Å². The summed E-state index contributed by atoms with van der Waals surface area (Å²) >= 11 is 2.19. The van der Waals surface area contributed by atoms with Gasteiger partial charge in [0.1, 0.15) is 5.82 Å². The number of hydrogen-bond donors (Lipinski definition) is 1. The summed E-state index contributed by atoms with van der Waals surface area (Å²) in [6, 6.07) is 3.84. The Labute approximate surface area is 109 Å². The van der Waals surface area contributed by atoms with Crippen molar-refractivity contribution >= 4 is 38.2 Å². The van der Waals surface area contributed by atoms with Gasteiger partial charge < -0.3 is 5.32 Å². The number of nitrogens with one attached hydrogen (secondary N) is 1. The van der Waals surface area contributed by atoms with Gasteiger partial charge in [0.05, 0.1) is 11.5 Å². The quantitative estimate of drug-likeness (QED) is 0.823. The Morgan fingerprint density at radius 1 is 1.44 bits per heavy atom. The van der Waals surface area contributed by atoms with E-state index >= 15 is 0 Å². The lowest BCUT2D eigenvalue weighted by molar-refractivity contribution is 0.561. The second-order valence-corrected chi connectivity index (χ2v) is 7.43. The van der Waals surface area contributed by atoms with Crippen LogP contribution in [0.2, 0.25) is 0 Å². The summed E-state index contributed by atoms with van der Waals surface area (Å²) in [6.07, 6.45) is 3.40. The van der Waals surface area contributed by atoms with Gasteiger partial charge in [0.25, 0.3) is 0 Å².